The van der Waals surface area contributed by atoms with Crippen LogP contribution in [-0.4, -0.2) is 42.6 Å². The molecule has 2 saturated heterocycles. The molecule has 1 aromatic carbocycles. The molecule has 1 saturated carbocycles. The first kappa shape index (κ1) is 15.4. The van der Waals surface area contributed by atoms with E-state index >= 15 is 0 Å². The van der Waals surface area contributed by atoms with Crippen LogP contribution in [0.1, 0.15) is 24.8 Å². The van der Waals surface area contributed by atoms with Gasteiger partial charge in [-0.25, -0.2) is 0 Å². The topological polar surface area (TPSA) is 41.6 Å². The van der Waals surface area contributed by atoms with Crippen LogP contribution in [0, 0.1) is 11.8 Å². The Morgan fingerprint density at radius 1 is 1.26 bits per heavy atom. The Balaban J connectivity index is 1.33. The average molecular weight is 335 g/mol. The first-order valence-corrected chi connectivity index (χ1v) is 8.95. The van der Waals surface area contributed by atoms with Gasteiger partial charge in [0.1, 0.15) is 0 Å². The smallest absolute Gasteiger partial charge is 0.225 e. The van der Waals surface area contributed by atoms with Crippen molar-refractivity contribution in [3.63, 3.8) is 0 Å². The SMILES string of the molecule is O=C(NCC1CC1)[C@H]1C[C@@H]2CN(Cc3ccc(Cl)cc3)C[C@H]1O2. The predicted octanol–water partition coefficient (Wildman–Crippen LogP) is 2.46. The van der Waals surface area contributed by atoms with Gasteiger partial charge in [-0.3, -0.25) is 9.69 Å². The molecule has 0 radical (unpaired) electrons. The van der Waals surface area contributed by atoms with Crippen molar-refractivity contribution >= 4 is 17.5 Å². The lowest BCUT2D eigenvalue weighted by atomic mass is 9.99. The summed E-state index contributed by atoms with van der Waals surface area (Å²) >= 11 is 5.94. The minimum Gasteiger partial charge on any atom is -0.371 e. The van der Waals surface area contributed by atoms with Crippen molar-refractivity contribution in [3.05, 3.63) is 34.9 Å². The fraction of sp³-hybridized carbons (Fsp3) is 0.611. The van der Waals surface area contributed by atoms with Gasteiger partial charge in [0.05, 0.1) is 18.1 Å². The predicted molar refractivity (Wildman–Crippen MR) is 89.2 cm³/mol. The molecule has 0 aromatic heterocycles. The summed E-state index contributed by atoms with van der Waals surface area (Å²) in [5.74, 6) is 0.939. The van der Waals surface area contributed by atoms with E-state index in [1.807, 2.05) is 12.1 Å². The molecule has 5 heteroatoms. The molecule has 23 heavy (non-hydrogen) atoms. The lowest BCUT2D eigenvalue weighted by molar-refractivity contribution is -0.128. The van der Waals surface area contributed by atoms with Gasteiger partial charge in [-0.2, -0.15) is 0 Å². The Morgan fingerprint density at radius 2 is 2.04 bits per heavy atom. The minimum absolute atomic E-state index is 0.0222. The molecule has 4 rings (SSSR count). The number of morpholine rings is 1. The number of carbonyl (C=O) groups excluding carboxylic acids is 1. The van der Waals surface area contributed by atoms with Gasteiger partial charge in [-0.05, 0) is 42.9 Å². The van der Waals surface area contributed by atoms with Crippen LogP contribution >= 0.6 is 11.6 Å². The lowest BCUT2D eigenvalue weighted by Gasteiger charge is -2.32. The van der Waals surface area contributed by atoms with Crippen LogP contribution in [0.15, 0.2) is 24.3 Å². The first-order chi connectivity index (χ1) is 11.2. The number of hydrogen-bond acceptors (Lipinski definition) is 3. The highest BCUT2D eigenvalue weighted by molar-refractivity contribution is 6.30. The van der Waals surface area contributed by atoms with Crippen LogP contribution in [0.25, 0.3) is 0 Å². The number of halogens is 1. The van der Waals surface area contributed by atoms with Gasteiger partial charge in [0.25, 0.3) is 0 Å². The maximum absolute atomic E-state index is 12.4. The molecule has 2 bridgehead atoms. The molecular formula is C18H23ClN2O2. The highest BCUT2D eigenvalue weighted by atomic mass is 35.5. The van der Waals surface area contributed by atoms with E-state index in [0.29, 0.717) is 0 Å². The fourth-order valence-electron chi connectivity index (χ4n) is 3.69. The number of hydrogen-bond donors (Lipinski definition) is 1. The number of amides is 1. The Morgan fingerprint density at radius 3 is 2.78 bits per heavy atom. The van der Waals surface area contributed by atoms with Gasteiger partial charge in [-0.1, -0.05) is 23.7 Å². The minimum atomic E-state index is 0.0222. The quantitative estimate of drug-likeness (QED) is 0.899. The van der Waals surface area contributed by atoms with Crippen LogP contribution in [0.3, 0.4) is 0 Å². The summed E-state index contributed by atoms with van der Waals surface area (Å²) in [6, 6.07) is 8.00. The van der Waals surface area contributed by atoms with Crippen molar-refractivity contribution in [2.24, 2.45) is 11.8 Å². The van der Waals surface area contributed by atoms with E-state index in [9.17, 15) is 4.79 Å². The number of likely N-dealkylation sites (tertiary alicyclic amines) is 1. The number of rotatable bonds is 5. The first-order valence-electron chi connectivity index (χ1n) is 8.57. The fourth-order valence-corrected chi connectivity index (χ4v) is 3.81. The molecule has 1 amide bonds. The molecule has 3 fully saturated rings. The van der Waals surface area contributed by atoms with Crippen LogP contribution in [0.4, 0.5) is 0 Å². The number of nitrogens with zero attached hydrogens (tertiary/aromatic N) is 1. The zero-order valence-electron chi connectivity index (χ0n) is 13.2. The standard InChI is InChI=1S/C18H23ClN2O2/c19-14-5-3-13(4-6-14)9-21-10-15-7-16(17(11-21)23-15)18(22)20-8-12-1-2-12/h3-6,12,15-17H,1-2,7-11H2,(H,20,22)/t15-,16+,17-/m1/s1. The summed E-state index contributed by atoms with van der Waals surface area (Å²) in [5.41, 5.74) is 1.26. The van der Waals surface area contributed by atoms with Crippen LogP contribution < -0.4 is 5.32 Å². The number of carbonyl (C=O) groups is 1. The van der Waals surface area contributed by atoms with E-state index in [2.05, 4.69) is 22.3 Å². The number of ether oxygens (including phenoxy) is 1. The Labute approximate surface area is 142 Å². The molecule has 4 nitrogen and oxygen atoms in total. The molecule has 2 aliphatic heterocycles. The molecule has 1 aromatic rings. The maximum atomic E-state index is 12.4. The van der Waals surface area contributed by atoms with Crippen LogP contribution in [0.5, 0.6) is 0 Å². The summed E-state index contributed by atoms with van der Waals surface area (Å²) in [7, 11) is 0. The normalized spacial score (nSPS) is 30.4. The monoisotopic (exact) mass is 334 g/mol. The van der Waals surface area contributed by atoms with Crippen molar-refractivity contribution < 1.29 is 9.53 Å². The summed E-state index contributed by atoms with van der Waals surface area (Å²) in [6.07, 6.45) is 3.63. The van der Waals surface area contributed by atoms with E-state index in [0.717, 1.165) is 43.5 Å². The summed E-state index contributed by atoms with van der Waals surface area (Å²) in [5, 5.41) is 3.88. The molecule has 2 heterocycles. The number of benzene rings is 1. The Hall–Kier alpha value is -1.10. The van der Waals surface area contributed by atoms with Gasteiger partial charge in [0, 0.05) is 31.2 Å². The molecule has 3 atom stereocenters. The van der Waals surface area contributed by atoms with E-state index < -0.39 is 0 Å². The van der Waals surface area contributed by atoms with E-state index in [-0.39, 0.29) is 24.0 Å². The van der Waals surface area contributed by atoms with Crippen molar-refractivity contribution in [1.29, 1.82) is 0 Å². The molecule has 0 spiro atoms. The highest BCUT2D eigenvalue weighted by Gasteiger charge is 2.44. The van der Waals surface area contributed by atoms with Crippen molar-refractivity contribution in [3.8, 4) is 0 Å². The average Bonchev–Trinajstić information content (AvgIpc) is 3.32. The molecule has 1 aliphatic carbocycles. The van der Waals surface area contributed by atoms with Crippen LogP contribution in [-0.2, 0) is 16.1 Å². The number of nitrogens with one attached hydrogen (secondary N) is 1. The van der Waals surface area contributed by atoms with Crippen LogP contribution in [0.2, 0.25) is 5.02 Å². The summed E-state index contributed by atoms with van der Waals surface area (Å²) < 4.78 is 6.02. The second-order valence-electron chi connectivity index (χ2n) is 7.15. The second-order valence-corrected chi connectivity index (χ2v) is 7.58. The van der Waals surface area contributed by atoms with E-state index in [1.165, 1.54) is 18.4 Å². The second kappa shape index (κ2) is 6.42. The van der Waals surface area contributed by atoms with Gasteiger partial charge in [-0.15, -0.1) is 0 Å². The van der Waals surface area contributed by atoms with Gasteiger partial charge >= 0.3 is 0 Å². The Bertz CT molecular complexity index is 573. The summed E-state index contributed by atoms with van der Waals surface area (Å²) in [6.45, 7) is 3.48. The van der Waals surface area contributed by atoms with E-state index in [1.54, 1.807) is 0 Å². The molecule has 1 N–H and O–H groups in total. The number of fused-ring (bicyclic) bond motifs is 2. The van der Waals surface area contributed by atoms with Gasteiger partial charge in [0.2, 0.25) is 5.91 Å². The largest absolute Gasteiger partial charge is 0.371 e. The Kier molecular flexibility index (Phi) is 4.31. The zero-order valence-corrected chi connectivity index (χ0v) is 14.0. The third-order valence-corrected chi connectivity index (χ3v) is 5.40. The zero-order chi connectivity index (χ0) is 15.8. The molecule has 0 unspecified atom stereocenters. The third kappa shape index (κ3) is 3.70. The van der Waals surface area contributed by atoms with E-state index in [4.69, 9.17) is 16.3 Å². The molecular weight excluding hydrogens is 312 g/mol. The lowest BCUT2D eigenvalue weighted by Crippen LogP contribution is -2.45. The van der Waals surface area contributed by atoms with Crippen molar-refractivity contribution in [2.45, 2.75) is 38.0 Å². The maximum Gasteiger partial charge on any atom is 0.225 e. The molecule has 3 aliphatic rings. The third-order valence-electron chi connectivity index (χ3n) is 5.15. The van der Waals surface area contributed by atoms with Gasteiger partial charge in [0.15, 0.2) is 0 Å². The van der Waals surface area contributed by atoms with Crippen molar-refractivity contribution in [1.82, 2.24) is 10.2 Å². The highest BCUT2D eigenvalue weighted by Crippen LogP contribution is 2.33. The van der Waals surface area contributed by atoms with Gasteiger partial charge < -0.3 is 10.1 Å². The summed E-state index contributed by atoms with van der Waals surface area (Å²) in [4.78, 5) is 14.8. The molecule has 124 valence electrons. The van der Waals surface area contributed by atoms with Crippen molar-refractivity contribution in [2.75, 3.05) is 19.6 Å².